The molecule has 5 heteroatoms. The molecule has 124 valence electrons. The Balaban J connectivity index is 1.48. The zero-order valence-electron chi connectivity index (χ0n) is 14.0. The molecule has 0 radical (unpaired) electrons. The number of rotatable bonds is 3. The highest BCUT2D eigenvalue weighted by molar-refractivity contribution is 5.61. The average Bonchev–Trinajstić information content (AvgIpc) is 3.32. The predicted octanol–water partition coefficient (Wildman–Crippen LogP) is 2.98. The molecule has 1 aliphatic heterocycles. The monoisotopic (exact) mass is 322 g/mol. The number of benzene rings is 1. The van der Waals surface area contributed by atoms with E-state index in [1.165, 1.54) is 19.3 Å². The van der Waals surface area contributed by atoms with Crippen LogP contribution in [0.25, 0.3) is 11.4 Å². The topological polar surface area (TPSA) is 52.8 Å². The summed E-state index contributed by atoms with van der Waals surface area (Å²) in [6.45, 7) is 3.59. The van der Waals surface area contributed by atoms with Gasteiger partial charge in [-0.15, -0.1) is 10.2 Å². The Morgan fingerprint density at radius 2 is 2.17 bits per heavy atom. The number of nitrogens with zero attached hydrogens (tertiary/aromatic N) is 4. The Morgan fingerprint density at radius 1 is 1.25 bits per heavy atom. The normalized spacial score (nSPS) is 20.5. The molecule has 1 aromatic heterocycles. The first-order valence-electron chi connectivity index (χ1n) is 8.80. The van der Waals surface area contributed by atoms with Gasteiger partial charge in [-0.1, -0.05) is 11.8 Å². The van der Waals surface area contributed by atoms with E-state index in [0.717, 1.165) is 36.1 Å². The molecule has 0 spiro atoms. The van der Waals surface area contributed by atoms with Gasteiger partial charge < -0.3 is 4.74 Å². The van der Waals surface area contributed by atoms with Gasteiger partial charge in [0.2, 0.25) is 5.82 Å². The number of hydrogen-bond acceptors (Lipinski definition) is 4. The maximum Gasteiger partial charge on any atom is 0.205 e. The first-order valence-corrected chi connectivity index (χ1v) is 8.80. The van der Waals surface area contributed by atoms with Crippen molar-refractivity contribution in [1.82, 2.24) is 20.2 Å². The Hall–Kier alpha value is -2.19. The summed E-state index contributed by atoms with van der Waals surface area (Å²) < 4.78 is 5.74. The molecule has 1 saturated carbocycles. The lowest BCUT2D eigenvalue weighted by Gasteiger charge is -2.21. The van der Waals surface area contributed by atoms with E-state index in [0.29, 0.717) is 18.3 Å². The van der Waals surface area contributed by atoms with Crippen LogP contribution in [0.3, 0.4) is 0 Å². The highest BCUT2D eigenvalue weighted by Gasteiger charge is 2.18. The fourth-order valence-electron chi connectivity index (χ4n) is 2.97. The molecule has 1 aromatic carbocycles. The summed E-state index contributed by atoms with van der Waals surface area (Å²) in [7, 11) is 0. The molecule has 2 heterocycles. The van der Waals surface area contributed by atoms with Gasteiger partial charge in [-0.05, 0) is 68.0 Å². The minimum Gasteiger partial charge on any atom is -0.376 e. The summed E-state index contributed by atoms with van der Waals surface area (Å²) in [5, 5.41) is 12.9. The Bertz CT molecular complexity index is 776. The third-order valence-electron chi connectivity index (χ3n) is 4.56. The molecule has 0 N–H and O–H groups in total. The number of aryl methyl sites for hydroxylation is 1. The van der Waals surface area contributed by atoms with Gasteiger partial charge in [0.05, 0.1) is 12.6 Å². The minimum absolute atomic E-state index is 0.210. The molecule has 0 unspecified atom stereocenters. The average molecular weight is 322 g/mol. The van der Waals surface area contributed by atoms with Crippen molar-refractivity contribution >= 4 is 0 Å². The summed E-state index contributed by atoms with van der Waals surface area (Å²) in [5.41, 5.74) is 3.21. The van der Waals surface area contributed by atoms with Crippen molar-refractivity contribution in [3.05, 3.63) is 29.3 Å². The summed E-state index contributed by atoms with van der Waals surface area (Å²) >= 11 is 0. The van der Waals surface area contributed by atoms with E-state index in [1.54, 1.807) is 4.80 Å². The van der Waals surface area contributed by atoms with Gasteiger partial charge in [-0.3, -0.25) is 0 Å². The van der Waals surface area contributed by atoms with E-state index >= 15 is 0 Å². The second-order valence-corrected chi connectivity index (χ2v) is 6.73. The molecule has 1 saturated heterocycles. The Morgan fingerprint density at radius 3 is 2.92 bits per heavy atom. The van der Waals surface area contributed by atoms with Crippen molar-refractivity contribution in [2.45, 2.75) is 51.7 Å². The van der Waals surface area contributed by atoms with Crippen LogP contribution in [0.5, 0.6) is 0 Å². The first kappa shape index (κ1) is 15.3. The van der Waals surface area contributed by atoms with Crippen LogP contribution in [0, 0.1) is 24.7 Å². The van der Waals surface area contributed by atoms with E-state index in [1.807, 2.05) is 12.1 Å². The van der Waals surface area contributed by atoms with Crippen molar-refractivity contribution < 1.29 is 4.74 Å². The van der Waals surface area contributed by atoms with Crippen LogP contribution in [-0.2, 0) is 11.3 Å². The number of tetrazole rings is 1. The summed E-state index contributed by atoms with van der Waals surface area (Å²) in [6, 6.07) is 6.20. The first-order chi connectivity index (χ1) is 11.8. The van der Waals surface area contributed by atoms with Gasteiger partial charge in [0.25, 0.3) is 0 Å². The smallest absolute Gasteiger partial charge is 0.205 e. The zero-order chi connectivity index (χ0) is 16.4. The molecule has 0 amide bonds. The second-order valence-electron chi connectivity index (χ2n) is 6.73. The summed E-state index contributed by atoms with van der Waals surface area (Å²) in [6.07, 6.45) is 6.16. The Labute approximate surface area is 142 Å². The molecule has 1 atom stereocenters. The fraction of sp³-hybridized carbons (Fsp3) is 0.526. The summed E-state index contributed by atoms with van der Waals surface area (Å²) in [5.74, 6) is 7.84. The van der Waals surface area contributed by atoms with Crippen LogP contribution in [0.2, 0.25) is 0 Å². The standard InChI is InChI=1S/C19H22N4O/c1-14-12-16(8-7-15-5-6-15)9-10-18(14)19-20-22-23(21-19)13-17-4-2-3-11-24-17/h9-10,12,15,17H,2-6,11,13H2,1H3/t17-/m1/s1. The molecule has 2 fully saturated rings. The van der Waals surface area contributed by atoms with E-state index in [4.69, 9.17) is 4.74 Å². The molecule has 5 nitrogen and oxygen atoms in total. The fourth-order valence-corrected chi connectivity index (χ4v) is 2.97. The van der Waals surface area contributed by atoms with Crippen LogP contribution >= 0.6 is 0 Å². The van der Waals surface area contributed by atoms with Gasteiger partial charge in [0.1, 0.15) is 0 Å². The van der Waals surface area contributed by atoms with Crippen molar-refractivity contribution in [2.75, 3.05) is 6.61 Å². The molecule has 1 aliphatic carbocycles. The minimum atomic E-state index is 0.210. The lowest BCUT2D eigenvalue weighted by atomic mass is 10.0. The predicted molar refractivity (Wildman–Crippen MR) is 91.2 cm³/mol. The van der Waals surface area contributed by atoms with Crippen LogP contribution in [0.4, 0.5) is 0 Å². The molecule has 2 aromatic rings. The van der Waals surface area contributed by atoms with Crippen LogP contribution in [0.1, 0.15) is 43.2 Å². The van der Waals surface area contributed by atoms with Gasteiger partial charge >= 0.3 is 0 Å². The quantitative estimate of drug-likeness (QED) is 0.815. The lowest BCUT2D eigenvalue weighted by Crippen LogP contribution is -2.25. The van der Waals surface area contributed by atoms with Crippen LogP contribution in [0.15, 0.2) is 18.2 Å². The van der Waals surface area contributed by atoms with E-state index in [9.17, 15) is 0 Å². The number of hydrogen-bond donors (Lipinski definition) is 0. The van der Waals surface area contributed by atoms with E-state index < -0.39 is 0 Å². The third kappa shape index (κ3) is 3.65. The largest absolute Gasteiger partial charge is 0.376 e. The van der Waals surface area contributed by atoms with Gasteiger partial charge in [-0.25, -0.2) is 0 Å². The zero-order valence-corrected chi connectivity index (χ0v) is 14.0. The second kappa shape index (κ2) is 6.74. The van der Waals surface area contributed by atoms with Crippen LogP contribution in [-0.4, -0.2) is 32.9 Å². The maximum atomic E-state index is 5.74. The molecule has 24 heavy (non-hydrogen) atoms. The molecule has 4 rings (SSSR count). The van der Waals surface area contributed by atoms with Gasteiger partial charge in [0, 0.05) is 23.7 Å². The molecule has 2 aliphatic rings. The molecular formula is C19H22N4O. The van der Waals surface area contributed by atoms with E-state index in [2.05, 4.69) is 40.2 Å². The lowest BCUT2D eigenvalue weighted by molar-refractivity contribution is 0.00133. The van der Waals surface area contributed by atoms with Crippen molar-refractivity contribution in [1.29, 1.82) is 0 Å². The SMILES string of the molecule is Cc1cc(C#CC2CC2)ccc1-c1nnn(C[C@H]2CCCCO2)n1. The molecule has 0 bridgehead atoms. The van der Waals surface area contributed by atoms with Crippen molar-refractivity contribution in [3.8, 4) is 23.2 Å². The highest BCUT2D eigenvalue weighted by atomic mass is 16.5. The third-order valence-corrected chi connectivity index (χ3v) is 4.56. The maximum absolute atomic E-state index is 5.74. The van der Waals surface area contributed by atoms with Crippen molar-refractivity contribution in [2.24, 2.45) is 5.92 Å². The number of aromatic nitrogens is 4. The van der Waals surface area contributed by atoms with Gasteiger partial charge in [-0.2, -0.15) is 4.80 Å². The van der Waals surface area contributed by atoms with Crippen molar-refractivity contribution in [3.63, 3.8) is 0 Å². The van der Waals surface area contributed by atoms with Crippen LogP contribution < -0.4 is 0 Å². The Kier molecular flexibility index (Phi) is 4.31. The van der Waals surface area contributed by atoms with E-state index in [-0.39, 0.29) is 6.10 Å². The summed E-state index contributed by atoms with van der Waals surface area (Å²) in [4.78, 5) is 1.66. The molecular weight excluding hydrogens is 300 g/mol. The van der Waals surface area contributed by atoms with Gasteiger partial charge in [0.15, 0.2) is 0 Å². The number of ether oxygens (including phenoxy) is 1. The highest BCUT2D eigenvalue weighted by Crippen LogP contribution is 2.28.